The predicted octanol–water partition coefficient (Wildman–Crippen LogP) is 1.77. The zero-order chi connectivity index (χ0) is 8.27. The van der Waals surface area contributed by atoms with Crippen LogP contribution in [0.2, 0.25) is 0 Å². The van der Waals surface area contributed by atoms with Crippen molar-refractivity contribution in [2.24, 2.45) is 5.84 Å². The highest BCUT2D eigenvalue weighted by atomic mass is 35.5. The maximum absolute atomic E-state index is 12.7. The van der Waals surface area contributed by atoms with Gasteiger partial charge in [0.15, 0.2) is 0 Å². The summed E-state index contributed by atoms with van der Waals surface area (Å²) in [6.07, 6.45) is 0. The molecule has 3 N–H and O–H groups in total. The first-order chi connectivity index (χ1) is 5.24. The van der Waals surface area contributed by atoms with Crippen molar-refractivity contribution in [2.75, 3.05) is 0 Å². The van der Waals surface area contributed by atoms with Crippen molar-refractivity contribution >= 4 is 24.8 Å². The third-order valence-electron chi connectivity index (χ3n) is 1.31. The fourth-order valence-corrected chi connectivity index (χ4v) is 0.775. The number of nitrogens with one attached hydrogen (secondary N) is 1. The lowest BCUT2D eigenvalue weighted by atomic mass is 10.2. The molecule has 13 heavy (non-hydrogen) atoms. The number of hydrazine groups is 1. The van der Waals surface area contributed by atoms with Gasteiger partial charge in [-0.15, -0.1) is 24.8 Å². The second kappa shape index (κ2) is 7.03. The molecule has 0 bridgehead atoms. The Balaban J connectivity index is 0. The van der Waals surface area contributed by atoms with Gasteiger partial charge in [0.25, 0.3) is 0 Å². The SMILES string of the molecule is Cl.Cl.NNCc1ccc(F)cc1F. The summed E-state index contributed by atoms with van der Waals surface area (Å²) >= 11 is 0. The first-order valence-corrected chi connectivity index (χ1v) is 3.11. The molecule has 0 unspecified atom stereocenters. The lowest BCUT2D eigenvalue weighted by molar-refractivity contribution is 0.563. The number of benzene rings is 1. The standard InChI is InChI=1S/C7H8F2N2.2ClH/c8-6-2-1-5(4-11-10)7(9)3-6;;/h1-3,11H,4,10H2;2*1H. The van der Waals surface area contributed by atoms with E-state index in [0.29, 0.717) is 5.56 Å². The molecule has 6 heteroatoms. The molecule has 0 fully saturated rings. The van der Waals surface area contributed by atoms with E-state index in [1.807, 2.05) is 0 Å². The molecule has 1 aromatic rings. The summed E-state index contributed by atoms with van der Waals surface area (Å²) < 4.78 is 25.0. The van der Waals surface area contributed by atoms with E-state index in [1.165, 1.54) is 12.1 Å². The second-order valence-corrected chi connectivity index (χ2v) is 2.12. The summed E-state index contributed by atoms with van der Waals surface area (Å²) in [7, 11) is 0. The van der Waals surface area contributed by atoms with Gasteiger partial charge < -0.3 is 0 Å². The van der Waals surface area contributed by atoms with Crippen LogP contribution in [0.4, 0.5) is 8.78 Å². The first-order valence-electron chi connectivity index (χ1n) is 3.11. The Morgan fingerprint density at radius 2 is 1.85 bits per heavy atom. The fourth-order valence-electron chi connectivity index (χ4n) is 0.775. The van der Waals surface area contributed by atoms with Crippen LogP contribution in [0.25, 0.3) is 0 Å². The van der Waals surface area contributed by atoms with Gasteiger partial charge in [-0.05, 0) is 6.07 Å². The van der Waals surface area contributed by atoms with Gasteiger partial charge in [0.1, 0.15) is 11.6 Å². The Morgan fingerprint density at radius 3 is 2.31 bits per heavy atom. The molecule has 1 rings (SSSR count). The number of rotatable bonds is 2. The van der Waals surface area contributed by atoms with Crippen LogP contribution in [-0.4, -0.2) is 0 Å². The van der Waals surface area contributed by atoms with E-state index in [9.17, 15) is 8.78 Å². The van der Waals surface area contributed by atoms with Crippen molar-refractivity contribution in [1.82, 2.24) is 5.43 Å². The zero-order valence-corrected chi connectivity index (χ0v) is 8.22. The highest BCUT2D eigenvalue weighted by Gasteiger charge is 2.01. The van der Waals surface area contributed by atoms with E-state index in [2.05, 4.69) is 5.43 Å². The zero-order valence-electron chi connectivity index (χ0n) is 6.59. The van der Waals surface area contributed by atoms with Crippen molar-refractivity contribution in [3.8, 4) is 0 Å². The minimum Gasteiger partial charge on any atom is -0.271 e. The van der Waals surface area contributed by atoms with E-state index in [0.717, 1.165) is 6.07 Å². The molecule has 0 spiro atoms. The molecule has 2 nitrogen and oxygen atoms in total. The Hall–Kier alpha value is -0.420. The van der Waals surface area contributed by atoms with Crippen LogP contribution >= 0.6 is 24.8 Å². The summed E-state index contributed by atoms with van der Waals surface area (Å²) in [5.74, 6) is 3.80. The van der Waals surface area contributed by atoms with Gasteiger partial charge in [-0.2, -0.15) is 0 Å². The van der Waals surface area contributed by atoms with Gasteiger partial charge in [0.05, 0.1) is 0 Å². The van der Waals surface area contributed by atoms with Gasteiger partial charge in [0, 0.05) is 18.2 Å². The molecule has 76 valence electrons. The first kappa shape index (κ1) is 15.1. The summed E-state index contributed by atoms with van der Waals surface area (Å²) in [6.45, 7) is 0.201. The average Bonchev–Trinajstić information content (AvgIpc) is 1.95. The maximum Gasteiger partial charge on any atom is 0.130 e. The van der Waals surface area contributed by atoms with E-state index in [4.69, 9.17) is 5.84 Å². The van der Waals surface area contributed by atoms with Gasteiger partial charge in [0.2, 0.25) is 0 Å². The molecule has 0 radical (unpaired) electrons. The maximum atomic E-state index is 12.7. The lowest BCUT2D eigenvalue weighted by Gasteiger charge is -2.00. The van der Waals surface area contributed by atoms with E-state index in [-0.39, 0.29) is 31.4 Å². The summed E-state index contributed by atoms with van der Waals surface area (Å²) in [6, 6.07) is 3.37. The number of halogens is 4. The van der Waals surface area contributed by atoms with Crippen LogP contribution in [0, 0.1) is 11.6 Å². The van der Waals surface area contributed by atoms with Gasteiger partial charge >= 0.3 is 0 Å². The summed E-state index contributed by atoms with van der Waals surface area (Å²) in [5, 5.41) is 0. The van der Waals surface area contributed by atoms with Gasteiger partial charge in [-0.3, -0.25) is 11.3 Å². The Labute approximate surface area is 87.3 Å². The van der Waals surface area contributed by atoms with Crippen molar-refractivity contribution < 1.29 is 8.78 Å². The molecule has 0 aliphatic rings. The summed E-state index contributed by atoms with van der Waals surface area (Å²) in [5.41, 5.74) is 2.64. The minimum atomic E-state index is -0.581. The van der Waals surface area contributed by atoms with Crippen molar-refractivity contribution in [3.63, 3.8) is 0 Å². The molecule has 1 aromatic carbocycles. The smallest absolute Gasteiger partial charge is 0.130 e. The van der Waals surface area contributed by atoms with Crippen LogP contribution in [0.1, 0.15) is 5.56 Å². The molecule has 0 saturated heterocycles. The quantitative estimate of drug-likeness (QED) is 0.601. The van der Waals surface area contributed by atoms with Crippen LogP contribution in [0.3, 0.4) is 0 Å². The van der Waals surface area contributed by atoms with E-state index in [1.54, 1.807) is 0 Å². The van der Waals surface area contributed by atoms with Gasteiger partial charge in [-0.1, -0.05) is 6.07 Å². The summed E-state index contributed by atoms with van der Waals surface area (Å²) in [4.78, 5) is 0. The molecule has 0 aliphatic carbocycles. The number of nitrogens with two attached hydrogens (primary N) is 1. The molecule has 0 aromatic heterocycles. The van der Waals surface area contributed by atoms with Crippen LogP contribution in [-0.2, 0) is 6.54 Å². The predicted molar refractivity (Wildman–Crippen MR) is 51.9 cm³/mol. The monoisotopic (exact) mass is 230 g/mol. The largest absolute Gasteiger partial charge is 0.271 e. The molecule has 0 heterocycles. The minimum absolute atomic E-state index is 0. The fraction of sp³-hybridized carbons (Fsp3) is 0.143. The molecule has 0 aliphatic heterocycles. The van der Waals surface area contributed by atoms with Crippen molar-refractivity contribution in [1.29, 1.82) is 0 Å². The molecular formula is C7H10Cl2F2N2. The number of hydrogen-bond donors (Lipinski definition) is 2. The topological polar surface area (TPSA) is 38.0 Å². The lowest BCUT2D eigenvalue weighted by Crippen LogP contribution is -2.21. The third kappa shape index (κ3) is 4.38. The molecular weight excluding hydrogens is 221 g/mol. The number of hydrogen-bond acceptors (Lipinski definition) is 2. The van der Waals surface area contributed by atoms with Crippen LogP contribution in [0.5, 0.6) is 0 Å². The molecule has 0 saturated carbocycles. The second-order valence-electron chi connectivity index (χ2n) is 2.12. The Bertz CT molecular complexity index is 258. The average molecular weight is 231 g/mol. The van der Waals surface area contributed by atoms with Crippen LogP contribution in [0.15, 0.2) is 18.2 Å². The normalized spacial score (nSPS) is 8.54. The van der Waals surface area contributed by atoms with Crippen LogP contribution < -0.4 is 11.3 Å². The third-order valence-corrected chi connectivity index (χ3v) is 1.31. The Kier molecular flexibility index (Phi) is 8.15. The van der Waals surface area contributed by atoms with Crippen molar-refractivity contribution in [3.05, 3.63) is 35.4 Å². The van der Waals surface area contributed by atoms with Gasteiger partial charge in [-0.25, -0.2) is 8.78 Å². The molecule has 0 atom stereocenters. The van der Waals surface area contributed by atoms with E-state index >= 15 is 0 Å². The highest BCUT2D eigenvalue weighted by Crippen LogP contribution is 2.08. The highest BCUT2D eigenvalue weighted by molar-refractivity contribution is 5.85. The van der Waals surface area contributed by atoms with E-state index < -0.39 is 11.6 Å². The Morgan fingerprint density at radius 1 is 1.23 bits per heavy atom. The van der Waals surface area contributed by atoms with Crippen molar-refractivity contribution in [2.45, 2.75) is 6.54 Å². The molecule has 0 amide bonds.